The number of aromatic hydroxyl groups is 1. The number of carbonyl (C=O) groups excluding carboxylic acids is 1. The fourth-order valence-electron chi connectivity index (χ4n) is 3.68. The van der Waals surface area contributed by atoms with Crippen LogP contribution in [0, 0.1) is 0 Å². The number of carbonyl (C=O) groups is 1. The summed E-state index contributed by atoms with van der Waals surface area (Å²) in [6, 6.07) is 13.6. The molecule has 172 valence electrons. The summed E-state index contributed by atoms with van der Waals surface area (Å²) < 4.78 is 5.32. The fraction of sp³-hybridized carbons (Fsp3) is 0.292. The van der Waals surface area contributed by atoms with E-state index in [-0.39, 0.29) is 28.4 Å². The lowest BCUT2D eigenvalue weighted by atomic mass is 10.1. The predicted octanol–water partition coefficient (Wildman–Crippen LogP) is 1.93. The topological polar surface area (TPSA) is 120 Å². The Labute approximate surface area is 190 Å². The van der Waals surface area contributed by atoms with E-state index in [0.29, 0.717) is 12.2 Å². The number of ether oxygens (including phenoxy) is 1. The Balaban J connectivity index is 1.39. The molecular formula is C24H26N4O5. The van der Waals surface area contributed by atoms with Crippen molar-refractivity contribution in [2.24, 2.45) is 0 Å². The zero-order valence-electron chi connectivity index (χ0n) is 18.1. The summed E-state index contributed by atoms with van der Waals surface area (Å²) in [6.45, 7) is 4.57. The van der Waals surface area contributed by atoms with Gasteiger partial charge in [-0.3, -0.25) is 19.3 Å². The Bertz CT molecular complexity index is 1180. The monoisotopic (exact) mass is 450 g/mol. The fourth-order valence-corrected chi connectivity index (χ4v) is 3.68. The van der Waals surface area contributed by atoms with E-state index in [2.05, 4.69) is 20.9 Å². The summed E-state index contributed by atoms with van der Waals surface area (Å²) >= 11 is 0. The van der Waals surface area contributed by atoms with Gasteiger partial charge in [0.25, 0.3) is 16.8 Å². The smallest absolute Gasteiger partial charge is 0.255 e. The number of hydrogen-bond acceptors (Lipinski definition) is 8. The largest absolute Gasteiger partial charge is 0.505 e. The summed E-state index contributed by atoms with van der Waals surface area (Å²) in [5, 5.41) is 19.2. The molecule has 3 aromatic rings. The molecule has 0 aromatic heterocycles. The van der Waals surface area contributed by atoms with Gasteiger partial charge in [0.15, 0.2) is 5.75 Å². The number of phenols is 1. The number of rotatable bonds is 9. The maximum Gasteiger partial charge on any atom is 0.255 e. The molecule has 9 heteroatoms. The van der Waals surface area contributed by atoms with Crippen molar-refractivity contribution in [2.75, 3.05) is 50.0 Å². The van der Waals surface area contributed by atoms with E-state index in [1.165, 1.54) is 12.1 Å². The van der Waals surface area contributed by atoms with Gasteiger partial charge in [-0.1, -0.05) is 24.3 Å². The first-order valence-corrected chi connectivity index (χ1v) is 10.9. The standard InChI is InChI=1S/C24H26N4O5/c29-21-17(24(32)25-10-5-11-28-12-14-33-15-13-28)8-4-9-18(21)27-20-19(22(30)23(20)31)26-16-6-2-1-3-7-16/h1-4,6-9,26-27,29H,5,10-15H2,(H,25,32). The molecule has 0 atom stereocenters. The van der Waals surface area contributed by atoms with Crippen molar-refractivity contribution in [3.05, 3.63) is 74.5 Å². The van der Waals surface area contributed by atoms with Crippen LogP contribution in [-0.4, -0.2) is 55.3 Å². The van der Waals surface area contributed by atoms with Gasteiger partial charge >= 0.3 is 0 Å². The summed E-state index contributed by atoms with van der Waals surface area (Å²) in [7, 11) is 0. The van der Waals surface area contributed by atoms with Gasteiger partial charge in [-0.2, -0.15) is 0 Å². The van der Waals surface area contributed by atoms with Crippen LogP contribution in [0.2, 0.25) is 0 Å². The highest BCUT2D eigenvalue weighted by Gasteiger charge is 2.23. The molecule has 9 nitrogen and oxygen atoms in total. The Hall–Kier alpha value is -3.69. The predicted molar refractivity (Wildman–Crippen MR) is 127 cm³/mol. The number of para-hydroxylation sites is 2. The van der Waals surface area contributed by atoms with Gasteiger partial charge in [0.05, 0.1) is 24.5 Å². The number of anilines is 4. The minimum absolute atomic E-state index is 0.0437. The molecule has 33 heavy (non-hydrogen) atoms. The highest BCUT2D eigenvalue weighted by Crippen LogP contribution is 2.32. The second-order valence-corrected chi connectivity index (χ2v) is 7.79. The van der Waals surface area contributed by atoms with E-state index < -0.39 is 16.8 Å². The van der Waals surface area contributed by atoms with Gasteiger partial charge in [0, 0.05) is 25.3 Å². The van der Waals surface area contributed by atoms with Crippen LogP contribution in [0.4, 0.5) is 22.7 Å². The van der Waals surface area contributed by atoms with Crippen molar-refractivity contribution in [1.29, 1.82) is 0 Å². The van der Waals surface area contributed by atoms with Crippen molar-refractivity contribution in [3.63, 3.8) is 0 Å². The molecule has 1 aliphatic heterocycles. The molecule has 4 rings (SSSR count). The lowest BCUT2D eigenvalue weighted by Gasteiger charge is -2.26. The third-order valence-corrected chi connectivity index (χ3v) is 5.53. The number of amides is 1. The zero-order chi connectivity index (χ0) is 23.2. The molecule has 0 aliphatic carbocycles. The lowest BCUT2D eigenvalue weighted by Crippen LogP contribution is -2.38. The molecule has 0 unspecified atom stereocenters. The van der Waals surface area contributed by atoms with Crippen LogP contribution in [-0.2, 0) is 4.74 Å². The van der Waals surface area contributed by atoms with Gasteiger partial charge in [-0.15, -0.1) is 0 Å². The molecule has 3 aromatic carbocycles. The average Bonchev–Trinajstić information content (AvgIpc) is 2.85. The van der Waals surface area contributed by atoms with Crippen LogP contribution in [0.5, 0.6) is 5.75 Å². The molecule has 1 amide bonds. The molecule has 0 radical (unpaired) electrons. The Morgan fingerprint density at radius 3 is 2.36 bits per heavy atom. The second kappa shape index (κ2) is 10.3. The first-order chi connectivity index (χ1) is 16.0. The van der Waals surface area contributed by atoms with Crippen molar-refractivity contribution < 1.29 is 14.6 Å². The molecule has 1 fully saturated rings. The van der Waals surface area contributed by atoms with Gasteiger partial charge < -0.3 is 25.8 Å². The number of benzene rings is 2. The number of nitrogens with one attached hydrogen (secondary N) is 3. The van der Waals surface area contributed by atoms with Gasteiger partial charge in [0.1, 0.15) is 11.4 Å². The van der Waals surface area contributed by atoms with Crippen molar-refractivity contribution in [1.82, 2.24) is 10.2 Å². The van der Waals surface area contributed by atoms with E-state index in [9.17, 15) is 19.5 Å². The van der Waals surface area contributed by atoms with E-state index in [0.717, 1.165) is 39.3 Å². The number of morpholine rings is 1. The van der Waals surface area contributed by atoms with Crippen LogP contribution in [0.15, 0.2) is 58.1 Å². The van der Waals surface area contributed by atoms with Crippen LogP contribution in [0.3, 0.4) is 0 Å². The zero-order valence-corrected chi connectivity index (χ0v) is 18.1. The Morgan fingerprint density at radius 2 is 1.64 bits per heavy atom. The van der Waals surface area contributed by atoms with E-state index in [1.807, 2.05) is 6.07 Å². The lowest BCUT2D eigenvalue weighted by molar-refractivity contribution is 0.0374. The summed E-state index contributed by atoms with van der Waals surface area (Å²) in [6.07, 6.45) is 0.780. The molecule has 4 N–H and O–H groups in total. The Morgan fingerprint density at radius 1 is 0.939 bits per heavy atom. The highest BCUT2D eigenvalue weighted by molar-refractivity contribution is 5.99. The third kappa shape index (κ3) is 5.21. The summed E-state index contributed by atoms with van der Waals surface area (Å²) in [5.41, 5.74) is -0.268. The molecule has 0 saturated carbocycles. The number of nitrogens with zero attached hydrogens (tertiary/aromatic N) is 1. The minimum atomic E-state index is -0.689. The van der Waals surface area contributed by atoms with Crippen LogP contribution >= 0.6 is 0 Å². The van der Waals surface area contributed by atoms with Gasteiger partial charge in [-0.25, -0.2) is 0 Å². The third-order valence-electron chi connectivity index (χ3n) is 5.53. The maximum absolute atomic E-state index is 12.6. The quantitative estimate of drug-likeness (QED) is 0.222. The van der Waals surface area contributed by atoms with Crippen molar-refractivity contribution in [3.8, 4) is 5.75 Å². The van der Waals surface area contributed by atoms with Crippen molar-refractivity contribution in [2.45, 2.75) is 6.42 Å². The first kappa shape index (κ1) is 22.5. The number of phenolic OH excluding ortho intramolecular Hbond substituents is 1. The minimum Gasteiger partial charge on any atom is -0.505 e. The molecular weight excluding hydrogens is 424 g/mol. The first-order valence-electron chi connectivity index (χ1n) is 10.9. The summed E-state index contributed by atoms with van der Waals surface area (Å²) in [5.74, 6) is -0.701. The summed E-state index contributed by atoms with van der Waals surface area (Å²) in [4.78, 5) is 39.0. The van der Waals surface area contributed by atoms with Crippen LogP contribution in [0.1, 0.15) is 16.8 Å². The molecule has 1 heterocycles. The van der Waals surface area contributed by atoms with E-state index >= 15 is 0 Å². The Kier molecular flexibility index (Phi) is 7.01. The number of hydrogen-bond donors (Lipinski definition) is 4. The average molecular weight is 450 g/mol. The molecule has 0 spiro atoms. The maximum atomic E-state index is 12.6. The molecule has 0 bridgehead atoms. The van der Waals surface area contributed by atoms with E-state index in [1.54, 1.807) is 30.3 Å². The van der Waals surface area contributed by atoms with Gasteiger partial charge in [-0.05, 0) is 37.2 Å². The van der Waals surface area contributed by atoms with Crippen molar-refractivity contribution >= 4 is 28.7 Å². The van der Waals surface area contributed by atoms with Crippen LogP contribution < -0.4 is 26.8 Å². The van der Waals surface area contributed by atoms with Gasteiger partial charge in [0.2, 0.25) is 0 Å². The highest BCUT2D eigenvalue weighted by atomic mass is 16.5. The second-order valence-electron chi connectivity index (χ2n) is 7.79. The van der Waals surface area contributed by atoms with E-state index in [4.69, 9.17) is 4.74 Å². The normalized spacial score (nSPS) is 14.2. The SMILES string of the molecule is O=C(NCCCN1CCOCC1)c1cccc(Nc2c(Nc3ccccc3)c(=O)c2=O)c1O. The molecule has 1 saturated heterocycles. The molecule has 1 aliphatic rings. The van der Waals surface area contributed by atoms with Crippen LogP contribution in [0.25, 0.3) is 0 Å².